The average Bonchev–Trinajstić information content (AvgIpc) is 2.83. The van der Waals surface area contributed by atoms with E-state index >= 15 is 0 Å². The molecule has 2 bridgehead atoms. The van der Waals surface area contributed by atoms with Crippen LogP contribution in [-0.4, -0.2) is 36.8 Å². The Balaban J connectivity index is 1.83. The van der Waals surface area contributed by atoms with Crippen LogP contribution in [-0.2, 0) is 15.0 Å². The molecule has 2 aliphatic heterocycles. The van der Waals surface area contributed by atoms with E-state index in [1.54, 1.807) is 12.3 Å². The van der Waals surface area contributed by atoms with Gasteiger partial charge in [-0.3, -0.25) is 0 Å². The normalized spacial score (nSPS) is 31.1. The Labute approximate surface area is 125 Å². The molecule has 1 N–H and O–H groups in total. The third-order valence-electron chi connectivity index (χ3n) is 4.64. The lowest BCUT2D eigenvalue weighted by Gasteiger charge is -2.39. The Hall–Kier alpha value is -1.46. The molecule has 5 heteroatoms. The van der Waals surface area contributed by atoms with Gasteiger partial charge in [-0.15, -0.1) is 0 Å². The van der Waals surface area contributed by atoms with E-state index < -0.39 is 5.97 Å². The smallest absolute Gasteiger partial charge is 0.356 e. The monoisotopic (exact) mass is 290 g/mol. The van der Waals surface area contributed by atoms with Crippen molar-refractivity contribution in [2.24, 2.45) is 0 Å². The van der Waals surface area contributed by atoms with Gasteiger partial charge in [0, 0.05) is 24.4 Å². The minimum atomic E-state index is -0.396. The molecule has 114 valence electrons. The van der Waals surface area contributed by atoms with E-state index in [1.165, 1.54) is 13.5 Å². The molecule has 0 spiro atoms. The molecule has 0 aromatic carbocycles. The Morgan fingerprint density at radius 1 is 1.52 bits per heavy atom. The number of nitrogens with zero attached hydrogens (tertiary/aromatic N) is 1. The van der Waals surface area contributed by atoms with Crippen LogP contribution in [0.1, 0.15) is 48.7 Å². The third kappa shape index (κ3) is 2.68. The number of carbonyl (C=O) groups is 1. The van der Waals surface area contributed by atoms with Gasteiger partial charge in [-0.25, -0.2) is 9.78 Å². The second-order valence-electron chi connectivity index (χ2n) is 5.90. The third-order valence-corrected chi connectivity index (χ3v) is 4.64. The lowest BCUT2D eigenvalue weighted by Crippen LogP contribution is -2.49. The fraction of sp³-hybridized carbons (Fsp3) is 0.625. The quantitative estimate of drug-likeness (QED) is 0.860. The molecule has 21 heavy (non-hydrogen) atoms. The minimum absolute atomic E-state index is 0.0512. The number of piperidine rings is 1. The van der Waals surface area contributed by atoms with Gasteiger partial charge in [-0.1, -0.05) is 6.07 Å². The molecule has 3 unspecified atom stereocenters. The molecule has 1 aromatic rings. The second kappa shape index (κ2) is 5.73. The molecule has 2 aliphatic rings. The van der Waals surface area contributed by atoms with Gasteiger partial charge < -0.3 is 14.8 Å². The topological polar surface area (TPSA) is 60.5 Å². The van der Waals surface area contributed by atoms with Gasteiger partial charge in [0.15, 0.2) is 0 Å². The van der Waals surface area contributed by atoms with Crippen molar-refractivity contribution in [2.75, 3.05) is 13.7 Å². The highest BCUT2D eigenvalue weighted by molar-refractivity contribution is 5.87. The zero-order valence-corrected chi connectivity index (χ0v) is 12.6. The first-order valence-corrected chi connectivity index (χ1v) is 7.61. The molecule has 0 amide bonds. The first kappa shape index (κ1) is 14.5. The summed E-state index contributed by atoms with van der Waals surface area (Å²) in [6.07, 6.45) is 6.43. The molecule has 3 atom stereocenters. The number of hydrogen-bond donors (Lipinski definition) is 1. The standard InChI is InChI=1S/C16H22N2O3/c1-3-21-13-8-12-6-7-16(9-13,18-12)11-4-5-14(17-10-11)15(19)20-2/h4-5,10,12-13,18H,3,6-9H2,1-2H3. The molecule has 2 fully saturated rings. The highest BCUT2D eigenvalue weighted by Crippen LogP contribution is 2.43. The van der Waals surface area contributed by atoms with Gasteiger partial charge in [-0.05, 0) is 44.2 Å². The van der Waals surface area contributed by atoms with Crippen LogP contribution >= 0.6 is 0 Å². The number of esters is 1. The van der Waals surface area contributed by atoms with Crippen LogP contribution in [0.3, 0.4) is 0 Å². The maximum atomic E-state index is 11.5. The predicted octanol–water partition coefficient (Wildman–Crippen LogP) is 2.01. The first-order chi connectivity index (χ1) is 10.2. The van der Waals surface area contributed by atoms with Crippen LogP contribution in [0.25, 0.3) is 0 Å². The fourth-order valence-corrected chi connectivity index (χ4v) is 3.69. The summed E-state index contributed by atoms with van der Waals surface area (Å²) in [5.41, 5.74) is 1.44. The van der Waals surface area contributed by atoms with Crippen LogP contribution in [0.4, 0.5) is 0 Å². The van der Waals surface area contributed by atoms with E-state index in [0.29, 0.717) is 17.8 Å². The maximum Gasteiger partial charge on any atom is 0.356 e. The summed E-state index contributed by atoms with van der Waals surface area (Å²) in [7, 11) is 1.37. The zero-order valence-electron chi connectivity index (χ0n) is 12.6. The van der Waals surface area contributed by atoms with Crippen molar-refractivity contribution in [1.82, 2.24) is 10.3 Å². The maximum absolute atomic E-state index is 11.5. The SMILES string of the molecule is CCOC1CC2CCC(c3ccc(C(=O)OC)nc3)(C1)N2. The van der Waals surface area contributed by atoms with Gasteiger partial charge in [0.25, 0.3) is 0 Å². The number of pyridine rings is 1. The molecule has 3 rings (SSSR count). The summed E-state index contributed by atoms with van der Waals surface area (Å²) in [5.74, 6) is -0.396. The number of hydrogen-bond acceptors (Lipinski definition) is 5. The highest BCUT2D eigenvalue weighted by Gasteiger charge is 2.46. The molecule has 0 radical (unpaired) electrons. The second-order valence-corrected chi connectivity index (χ2v) is 5.90. The van der Waals surface area contributed by atoms with Crippen molar-refractivity contribution in [3.05, 3.63) is 29.6 Å². The summed E-state index contributed by atoms with van der Waals surface area (Å²) >= 11 is 0. The lowest BCUT2D eigenvalue weighted by molar-refractivity contribution is 0.00863. The Bertz CT molecular complexity index is 517. The van der Waals surface area contributed by atoms with Crippen molar-refractivity contribution in [3.63, 3.8) is 0 Å². The molecular formula is C16H22N2O3. The Morgan fingerprint density at radius 2 is 2.38 bits per heavy atom. The minimum Gasteiger partial charge on any atom is -0.464 e. The van der Waals surface area contributed by atoms with Crippen molar-refractivity contribution in [1.29, 1.82) is 0 Å². The van der Waals surface area contributed by atoms with Crippen molar-refractivity contribution in [3.8, 4) is 0 Å². The number of methoxy groups -OCH3 is 1. The van der Waals surface area contributed by atoms with E-state index in [1.807, 2.05) is 13.0 Å². The van der Waals surface area contributed by atoms with Crippen molar-refractivity contribution in [2.45, 2.75) is 50.3 Å². The highest BCUT2D eigenvalue weighted by atomic mass is 16.5. The van der Waals surface area contributed by atoms with E-state index in [9.17, 15) is 4.79 Å². The summed E-state index contributed by atoms with van der Waals surface area (Å²) in [4.78, 5) is 15.7. The molecule has 2 saturated heterocycles. The number of ether oxygens (including phenoxy) is 2. The summed E-state index contributed by atoms with van der Waals surface area (Å²) in [6, 6.07) is 4.26. The van der Waals surface area contributed by atoms with E-state index in [-0.39, 0.29) is 5.54 Å². The van der Waals surface area contributed by atoms with Gasteiger partial charge >= 0.3 is 5.97 Å². The van der Waals surface area contributed by atoms with E-state index in [0.717, 1.165) is 31.4 Å². The largest absolute Gasteiger partial charge is 0.464 e. The van der Waals surface area contributed by atoms with Crippen LogP contribution in [0, 0.1) is 0 Å². The van der Waals surface area contributed by atoms with E-state index in [4.69, 9.17) is 9.47 Å². The van der Waals surface area contributed by atoms with Crippen LogP contribution in [0.2, 0.25) is 0 Å². The predicted molar refractivity (Wildman–Crippen MR) is 78.1 cm³/mol. The number of rotatable bonds is 4. The van der Waals surface area contributed by atoms with Gasteiger partial charge in [0.1, 0.15) is 5.69 Å². The van der Waals surface area contributed by atoms with Crippen molar-refractivity contribution >= 4 is 5.97 Å². The summed E-state index contributed by atoms with van der Waals surface area (Å²) in [5, 5.41) is 3.73. The van der Waals surface area contributed by atoms with Gasteiger partial charge in [-0.2, -0.15) is 0 Å². The number of fused-ring (bicyclic) bond motifs is 2. The van der Waals surface area contributed by atoms with Crippen LogP contribution in [0.5, 0.6) is 0 Å². The Morgan fingerprint density at radius 3 is 3.05 bits per heavy atom. The number of carbonyl (C=O) groups excluding carboxylic acids is 1. The number of nitrogens with one attached hydrogen (secondary N) is 1. The zero-order chi connectivity index (χ0) is 14.9. The van der Waals surface area contributed by atoms with E-state index in [2.05, 4.69) is 10.3 Å². The lowest BCUT2D eigenvalue weighted by atomic mass is 9.83. The van der Waals surface area contributed by atoms with Gasteiger partial charge in [0.05, 0.1) is 13.2 Å². The Kier molecular flexibility index (Phi) is 3.95. The summed E-state index contributed by atoms with van der Waals surface area (Å²) < 4.78 is 10.5. The summed E-state index contributed by atoms with van der Waals surface area (Å²) in [6.45, 7) is 2.80. The number of aromatic nitrogens is 1. The van der Waals surface area contributed by atoms with Gasteiger partial charge in [0.2, 0.25) is 0 Å². The average molecular weight is 290 g/mol. The molecule has 1 aromatic heterocycles. The first-order valence-electron chi connectivity index (χ1n) is 7.61. The molecule has 0 saturated carbocycles. The van der Waals surface area contributed by atoms with Crippen LogP contribution in [0.15, 0.2) is 18.3 Å². The molecular weight excluding hydrogens is 268 g/mol. The van der Waals surface area contributed by atoms with Crippen molar-refractivity contribution < 1.29 is 14.3 Å². The fourth-order valence-electron chi connectivity index (χ4n) is 3.69. The van der Waals surface area contributed by atoms with Crippen LogP contribution < -0.4 is 5.32 Å². The molecule has 5 nitrogen and oxygen atoms in total. The molecule has 3 heterocycles. The molecule has 0 aliphatic carbocycles.